The summed E-state index contributed by atoms with van der Waals surface area (Å²) in [6.45, 7) is 1.09. The zero-order valence-corrected chi connectivity index (χ0v) is 16.0. The number of rotatable bonds is 7. The summed E-state index contributed by atoms with van der Waals surface area (Å²) in [6, 6.07) is 8.37. The Morgan fingerprint density at radius 3 is 2.22 bits per heavy atom. The van der Waals surface area contributed by atoms with Crippen molar-refractivity contribution in [3.05, 3.63) is 54.1 Å². The monoisotopic (exact) mass is 398 g/mol. The molecule has 0 bridgehead atoms. The van der Waals surface area contributed by atoms with Gasteiger partial charge >= 0.3 is 0 Å². The first-order valence-electron chi connectivity index (χ1n) is 8.06. The van der Waals surface area contributed by atoms with Gasteiger partial charge in [0.25, 0.3) is 0 Å². The van der Waals surface area contributed by atoms with Crippen molar-refractivity contribution in [3.63, 3.8) is 0 Å². The molecule has 0 spiro atoms. The maximum absolute atomic E-state index is 13.6. The van der Waals surface area contributed by atoms with Gasteiger partial charge in [-0.1, -0.05) is 6.92 Å². The lowest BCUT2D eigenvalue weighted by Crippen LogP contribution is -2.41. The molecule has 6 nitrogen and oxygen atoms in total. The lowest BCUT2D eigenvalue weighted by molar-refractivity contribution is -0.118. The summed E-state index contributed by atoms with van der Waals surface area (Å²) in [4.78, 5) is 13.4. The van der Waals surface area contributed by atoms with Gasteiger partial charge in [0, 0.05) is 19.3 Å². The Morgan fingerprint density at radius 2 is 1.67 bits per heavy atom. The number of carbonyl (C=O) groups excluding carboxylic acids is 1. The summed E-state index contributed by atoms with van der Waals surface area (Å²) in [5.41, 5.74) is 0.415. The largest absolute Gasteiger partial charge is 0.495 e. The molecule has 2 rings (SSSR count). The van der Waals surface area contributed by atoms with E-state index in [0.29, 0.717) is 5.69 Å². The topological polar surface area (TPSA) is 66.9 Å². The van der Waals surface area contributed by atoms with Crippen molar-refractivity contribution in [2.45, 2.75) is 11.8 Å². The number of hydrogen-bond donors (Lipinski definition) is 0. The van der Waals surface area contributed by atoms with Gasteiger partial charge < -0.3 is 9.64 Å². The van der Waals surface area contributed by atoms with Crippen molar-refractivity contribution >= 4 is 21.6 Å². The second-order valence-electron chi connectivity index (χ2n) is 5.66. The molecule has 0 aliphatic rings. The van der Waals surface area contributed by atoms with Crippen LogP contribution in [0.25, 0.3) is 0 Å². The molecule has 0 fully saturated rings. The Hall–Kier alpha value is -2.52. The van der Waals surface area contributed by atoms with E-state index in [1.54, 1.807) is 6.92 Å². The highest BCUT2D eigenvalue weighted by atomic mass is 32.2. The number of benzene rings is 2. The normalized spacial score (nSPS) is 11.5. The minimum Gasteiger partial charge on any atom is -0.495 e. The smallest absolute Gasteiger partial charge is 0.247 e. The molecule has 146 valence electrons. The highest BCUT2D eigenvalue weighted by molar-refractivity contribution is 7.89. The summed E-state index contributed by atoms with van der Waals surface area (Å²) in [6.07, 6.45) is 0. The third-order valence-corrected chi connectivity index (χ3v) is 5.94. The van der Waals surface area contributed by atoms with Gasteiger partial charge in [0.15, 0.2) is 0 Å². The van der Waals surface area contributed by atoms with E-state index in [-0.39, 0.29) is 17.2 Å². The molecule has 0 aromatic heterocycles. The van der Waals surface area contributed by atoms with Gasteiger partial charge in [0.2, 0.25) is 15.9 Å². The fourth-order valence-corrected chi connectivity index (χ4v) is 3.99. The van der Waals surface area contributed by atoms with Crippen LogP contribution in [0.2, 0.25) is 0 Å². The molecule has 9 heteroatoms. The number of sulfonamides is 1. The zero-order chi connectivity index (χ0) is 20.2. The number of nitrogens with zero attached hydrogens (tertiary/aromatic N) is 2. The Labute approximate surface area is 157 Å². The molecule has 0 aliphatic heterocycles. The third-order valence-electron chi connectivity index (χ3n) is 4.00. The van der Waals surface area contributed by atoms with Crippen molar-refractivity contribution in [2.75, 3.05) is 32.1 Å². The molecule has 2 aromatic carbocycles. The van der Waals surface area contributed by atoms with Crippen LogP contribution < -0.4 is 9.64 Å². The van der Waals surface area contributed by atoms with Gasteiger partial charge in [0.05, 0.1) is 13.7 Å². The number of anilines is 1. The Bertz CT molecular complexity index is 917. The van der Waals surface area contributed by atoms with E-state index in [1.165, 1.54) is 49.4 Å². The maximum Gasteiger partial charge on any atom is 0.247 e. The van der Waals surface area contributed by atoms with E-state index in [2.05, 4.69) is 0 Å². The van der Waals surface area contributed by atoms with Gasteiger partial charge in [-0.3, -0.25) is 4.79 Å². The zero-order valence-electron chi connectivity index (χ0n) is 15.1. The molecule has 0 saturated heterocycles. The molecular formula is C18H20F2N2O4S. The average molecular weight is 398 g/mol. The summed E-state index contributed by atoms with van der Waals surface area (Å²) < 4.78 is 58.3. The number of hydrogen-bond acceptors (Lipinski definition) is 4. The van der Waals surface area contributed by atoms with Gasteiger partial charge in [-0.2, -0.15) is 4.31 Å². The van der Waals surface area contributed by atoms with Gasteiger partial charge in [-0.15, -0.1) is 0 Å². The molecule has 0 heterocycles. The van der Waals surface area contributed by atoms with Gasteiger partial charge in [-0.05, 0) is 42.5 Å². The standard InChI is InChI=1S/C18H20F2N2O4S/c1-4-22(12-18(23)21(2)15-8-5-13(19)6-9-15)27(24,25)17-11-14(20)7-10-16(17)26-3/h5-11H,4,12H2,1-3H3. The van der Waals surface area contributed by atoms with Crippen LogP contribution in [0.1, 0.15) is 6.92 Å². The van der Waals surface area contributed by atoms with Crippen molar-refractivity contribution < 1.29 is 26.7 Å². The number of amides is 1. The minimum atomic E-state index is -4.17. The summed E-state index contributed by atoms with van der Waals surface area (Å²) in [5, 5.41) is 0. The van der Waals surface area contributed by atoms with Crippen LogP contribution in [-0.4, -0.2) is 45.9 Å². The number of carbonyl (C=O) groups is 1. The van der Waals surface area contributed by atoms with Crippen LogP contribution in [0.3, 0.4) is 0 Å². The van der Waals surface area contributed by atoms with E-state index in [1.807, 2.05) is 0 Å². The molecule has 2 aromatic rings. The van der Waals surface area contributed by atoms with Crippen molar-refractivity contribution in [2.24, 2.45) is 0 Å². The van der Waals surface area contributed by atoms with E-state index >= 15 is 0 Å². The molecule has 27 heavy (non-hydrogen) atoms. The van der Waals surface area contributed by atoms with E-state index in [4.69, 9.17) is 4.74 Å². The highest BCUT2D eigenvalue weighted by Crippen LogP contribution is 2.27. The van der Waals surface area contributed by atoms with Crippen LogP contribution in [-0.2, 0) is 14.8 Å². The molecule has 0 unspecified atom stereocenters. The highest BCUT2D eigenvalue weighted by Gasteiger charge is 2.30. The first-order valence-corrected chi connectivity index (χ1v) is 9.50. The molecule has 0 saturated carbocycles. The summed E-state index contributed by atoms with van der Waals surface area (Å²) in [7, 11) is -1.44. The fourth-order valence-electron chi connectivity index (χ4n) is 2.42. The molecule has 1 amide bonds. The lowest BCUT2D eigenvalue weighted by Gasteiger charge is -2.24. The molecule has 0 atom stereocenters. The first kappa shape index (κ1) is 20.8. The predicted octanol–water partition coefficient (Wildman–Crippen LogP) is 2.65. The van der Waals surface area contributed by atoms with Crippen LogP contribution in [0, 0.1) is 11.6 Å². The van der Waals surface area contributed by atoms with Crippen molar-refractivity contribution in [3.8, 4) is 5.75 Å². The van der Waals surface area contributed by atoms with E-state index in [9.17, 15) is 22.0 Å². The van der Waals surface area contributed by atoms with E-state index < -0.39 is 34.1 Å². The third kappa shape index (κ3) is 4.61. The number of likely N-dealkylation sites (N-methyl/N-ethyl adjacent to an activating group) is 2. The number of ether oxygens (including phenoxy) is 1. The van der Waals surface area contributed by atoms with Crippen LogP contribution in [0.15, 0.2) is 47.4 Å². The average Bonchev–Trinajstić information content (AvgIpc) is 2.65. The second kappa shape index (κ2) is 8.45. The van der Waals surface area contributed by atoms with Crippen LogP contribution in [0.5, 0.6) is 5.75 Å². The van der Waals surface area contributed by atoms with Crippen LogP contribution in [0.4, 0.5) is 14.5 Å². The predicted molar refractivity (Wildman–Crippen MR) is 97.2 cm³/mol. The lowest BCUT2D eigenvalue weighted by atomic mass is 10.3. The fraction of sp³-hybridized carbons (Fsp3) is 0.278. The van der Waals surface area contributed by atoms with Crippen LogP contribution >= 0.6 is 0 Å². The Balaban J connectivity index is 2.29. The van der Waals surface area contributed by atoms with Gasteiger partial charge in [-0.25, -0.2) is 17.2 Å². The summed E-state index contributed by atoms with van der Waals surface area (Å²) in [5.74, 6) is -1.73. The SMILES string of the molecule is CCN(CC(=O)N(C)c1ccc(F)cc1)S(=O)(=O)c1cc(F)ccc1OC. The molecule has 0 aliphatic carbocycles. The van der Waals surface area contributed by atoms with Crippen molar-refractivity contribution in [1.82, 2.24) is 4.31 Å². The van der Waals surface area contributed by atoms with Crippen molar-refractivity contribution in [1.29, 1.82) is 0 Å². The summed E-state index contributed by atoms with van der Waals surface area (Å²) >= 11 is 0. The minimum absolute atomic E-state index is 0.00893. The Morgan fingerprint density at radius 1 is 1.07 bits per heavy atom. The molecule has 0 radical (unpaired) electrons. The maximum atomic E-state index is 13.6. The number of halogens is 2. The molecular weight excluding hydrogens is 378 g/mol. The Kier molecular flexibility index (Phi) is 6.50. The van der Waals surface area contributed by atoms with Gasteiger partial charge in [0.1, 0.15) is 22.3 Å². The first-order chi connectivity index (χ1) is 12.7. The number of methoxy groups -OCH3 is 1. The second-order valence-corrected chi connectivity index (χ2v) is 7.56. The van der Waals surface area contributed by atoms with E-state index in [0.717, 1.165) is 16.4 Å². The quantitative estimate of drug-likeness (QED) is 0.719. The molecule has 0 N–H and O–H groups in total.